The van der Waals surface area contributed by atoms with Gasteiger partial charge in [-0.15, -0.1) is 5.47 Å². The van der Waals surface area contributed by atoms with Gasteiger partial charge in [-0.3, -0.25) is 0 Å². The molecule has 2 rings (SSSR count). The Kier molecular flexibility index (Phi) is 2.92. The largest absolute Gasteiger partial charge is 0.198 e. The van der Waals surface area contributed by atoms with Gasteiger partial charge < -0.3 is 0 Å². The number of hydrogen-bond donors (Lipinski definition) is 0. The van der Waals surface area contributed by atoms with E-state index in [0.29, 0.717) is 0 Å². The minimum absolute atomic E-state index is 0.0675. The van der Waals surface area contributed by atoms with E-state index < -0.39 is 0 Å². The van der Waals surface area contributed by atoms with Crippen molar-refractivity contribution in [1.82, 2.24) is 0 Å². The van der Waals surface area contributed by atoms with Crippen molar-refractivity contribution in [2.75, 3.05) is 0 Å². The summed E-state index contributed by atoms with van der Waals surface area (Å²) >= 11 is 0. The van der Waals surface area contributed by atoms with E-state index in [1.165, 1.54) is 16.6 Å². The molecule has 2 aliphatic carbocycles. The number of allylic oxidation sites excluding steroid dienone is 8. The lowest BCUT2D eigenvalue weighted by molar-refractivity contribution is 0.784. The Morgan fingerprint density at radius 2 is 2.07 bits per heavy atom. The molecule has 0 aliphatic heterocycles. The van der Waals surface area contributed by atoms with Gasteiger partial charge in [0.1, 0.15) is 7.85 Å². The summed E-state index contributed by atoms with van der Waals surface area (Å²) in [4.78, 5) is 0. The van der Waals surface area contributed by atoms with Gasteiger partial charge >= 0.3 is 0 Å². The minimum Gasteiger partial charge on any atom is -0.198 e. The molecule has 1 nitrogen and oxygen atoms in total. The highest BCUT2D eigenvalue weighted by Crippen LogP contribution is 2.29. The summed E-state index contributed by atoms with van der Waals surface area (Å²) in [5.41, 5.74) is 4.19. The molecule has 15 heavy (non-hydrogen) atoms. The molecule has 0 amide bonds. The van der Waals surface area contributed by atoms with E-state index >= 15 is 0 Å². The molecule has 0 bridgehead atoms. The van der Waals surface area contributed by atoms with E-state index in [0.717, 1.165) is 19.3 Å². The highest BCUT2D eigenvalue weighted by atomic mass is 14.3. The van der Waals surface area contributed by atoms with Gasteiger partial charge in [-0.2, -0.15) is 5.26 Å². The lowest BCUT2D eigenvalue weighted by Crippen LogP contribution is -2.04. The summed E-state index contributed by atoms with van der Waals surface area (Å²) in [6, 6.07) is 2.31. The molecule has 2 aliphatic rings. The molecule has 74 valence electrons. The summed E-state index contributed by atoms with van der Waals surface area (Å²) in [6.07, 6.45) is 13.7. The molecule has 1 atom stereocenters. The van der Waals surface area contributed by atoms with E-state index in [-0.39, 0.29) is 5.92 Å². The molecule has 0 N–H and O–H groups in total. The smallest absolute Gasteiger partial charge is 0.133 e. The molecule has 0 saturated carbocycles. The van der Waals surface area contributed by atoms with Crippen LogP contribution in [-0.4, -0.2) is 7.85 Å². The van der Waals surface area contributed by atoms with Crippen molar-refractivity contribution in [3.8, 4) is 6.07 Å². The van der Waals surface area contributed by atoms with Gasteiger partial charge in [-0.25, -0.2) is 0 Å². The quantitative estimate of drug-likeness (QED) is 0.588. The molecule has 0 heterocycles. The summed E-state index contributed by atoms with van der Waals surface area (Å²) in [7, 11) is 2.17. The molecule has 0 aromatic rings. The SMILES string of the molecule is BC1=CC=C(C2=CC=CC(C#N)C2)CC1. The van der Waals surface area contributed by atoms with Crippen molar-refractivity contribution < 1.29 is 0 Å². The molecule has 0 aromatic carbocycles. The first-order chi connectivity index (χ1) is 7.29. The molecule has 0 spiro atoms. The van der Waals surface area contributed by atoms with Crippen LogP contribution in [0.1, 0.15) is 19.3 Å². The first-order valence-corrected chi connectivity index (χ1v) is 5.43. The Morgan fingerprint density at radius 1 is 1.20 bits per heavy atom. The summed E-state index contributed by atoms with van der Waals surface area (Å²) in [5, 5.41) is 8.89. The highest BCUT2D eigenvalue weighted by Gasteiger charge is 2.14. The van der Waals surface area contributed by atoms with Crippen molar-refractivity contribution in [3.05, 3.63) is 47.0 Å². The van der Waals surface area contributed by atoms with Crippen LogP contribution in [0.15, 0.2) is 47.0 Å². The monoisotopic (exact) mass is 195 g/mol. The Labute approximate surface area is 91.9 Å². The zero-order valence-electron chi connectivity index (χ0n) is 9.03. The van der Waals surface area contributed by atoms with Crippen LogP contribution in [0.4, 0.5) is 0 Å². The molecule has 0 aromatic heterocycles. The molecule has 0 radical (unpaired) electrons. The summed E-state index contributed by atoms with van der Waals surface area (Å²) in [6.45, 7) is 0. The average molecular weight is 195 g/mol. The van der Waals surface area contributed by atoms with Crippen LogP contribution in [0.2, 0.25) is 0 Å². The fourth-order valence-corrected chi connectivity index (χ4v) is 2.01. The molecule has 2 heteroatoms. The second-order valence-electron chi connectivity index (χ2n) is 4.22. The molecule has 1 unspecified atom stereocenters. The van der Waals surface area contributed by atoms with Gasteiger partial charge in [0, 0.05) is 0 Å². The fourth-order valence-electron chi connectivity index (χ4n) is 2.01. The Hall–Kier alpha value is -1.49. The number of hydrogen-bond acceptors (Lipinski definition) is 1. The molecule has 0 saturated heterocycles. The third kappa shape index (κ3) is 2.30. The Bertz CT molecular complexity index is 418. The van der Waals surface area contributed by atoms with Crippen LogP contribution in [0, 0.1) is 17.2 Å². The van der Waals surface area contributed by atoms with Crippen LogP contribution < -0.4 is 0 Å². The van der Waals surface area contributed by atoms with Gasteiger partial charge in [0.15, 0.2) is 0 Å². The van der Waals surface area contributed by atoms with Crippen LogP contribution in [-0.2, 0) is 0 Å². The van der Waals surface area contributed by atoms with E-state index in [2.05, 4.69) is 32.1 Å². The normalized spacial score (nSPS) is 25.0. The predicted molar refractivity (Wildman–Crippen MR) is 64.9 cm³/mol. The van der Waals surface area contributed by atoms with Gasteiger partial charge in [0.05, 0.1) is 12.0 Å². The zero-order chi connectivity index (χ0) is 10.7. The number of nitriles is 1. The van der Waals surface area contributed by atoms with Crippen LogP contribution >= 0.6 is 0 Å². The maximum absolute atomic E-state index is 8.89. The Morgan fingerprint density at radius 3 is 2.73 bits per heavy atom. The topological polar surface area (TPSA) is 23.8 Å². The van der Waals surface area contributed by atoms with Crippen molar-refractivity contribution >= 4 is 7.85 Å². The van der Waals surface area contributed by atoms with Gasteiger partial charge in [0.25, 0.3) is 0 Å². The first kappa shape index (κ1) is 10.0. The van der Waals surface area contributed by atoms with Crippen LogP contribution in [0.25, 0.3) is 0 Å². The van der Waals surface area contributed by atoms with Crippen molar-refractivity contribution in [3.63, 3.8) is 0 Å². The number of rotatable bonds is 1. The minimum atomic E-state index is 0.0675. The van der Waals surface area contributed by atoms with Gasteiger partial charge in [-0.05, 0) is 30.4 Å². The fraction of sp³-hybridized carbons (Fsp3) is 0.308. The molecular formula is C13H14BN. The second-order valence-corrected chi connectivity index (χ2v) is 4.22. The van der Waals surface area contributed by atoms with Crippen molar-refractivity contribution in [2.24, 2.45) is 5.92 Å². The maximum Gasteiger partial charge on any atom is 0.133 e. The zero-order valence-corrected chi connectivity index (χ0v) is 9.03. The lowest BCUT2D eigenvalue weighted by atomic mass is 9.81. The molecule has 0 fully saturated rings. The summed E-state index contributed by atoms with van der Waals surface area (Å²) < 4.78 is 0. The highest BCUT2D eigenvalue weighted by molar-refractivity contribution is 6.21. The van der Waals surface area contributed by atoms with E-state index in [1.807, 2.05) is 12.2 Å². The van der Waals surface area contributed by atoms with E-state index in [9.17, 15) is 0 Å². The summed E-state index contributed by atoms with van der Waals surface area (Å²) in [5.74, 6) is 0.0675. The van der Waals surface area contributed by atoms with E-state index in [4.69, 9.17) is 5.26 Å². The third-order valence-electron chi connectivity index (χ3n) is 3.02. The predicted octanol–water partition coefficient (Wildman–Crippen LogP) is 2.25. The van der Waals surface area contributed by atoms with Crippen LogP contribution in [0.5, 0.6) is 0 Å². The Balaban J connectivity index is 2.16. The van der Waals surface area contributed by atoms with Gasteiger partial charge in [0.2, 0.25) is 0 Å². The lowest BCUT2D eigenvalue weighted by Gasteiger charge is -2.18. The molecular weight excluding hydrogens is 181 g/mol. The van der Waals surface area contributed by atoms with Crippen molar-refractivity contribution in [2.45, 2.75) is 19.3 Å². The first-order valence-electron chi connectivity index (χ1n) is 5.43. The third-order valence-corrected chi connectivity index (χ3v) is 3.02. The standard InChI is InChI=1S/C13H14BN/c14-13-6-4-11(5-7-13)12-3-1-2-10(8-12)9-15/h1-4,6,10H,5,7-8,14H2. The van der Waals surface area contributed by atoms with Crippen LogP contribution in [0.3, 0.4) is 0 Å². The number of nitrogens with zero attached hydrogens (tertiary/aromatic N) is 1. The van der Waals surface area contributed by atoms with E-state index in [1.54, 1.807) is 0 Å². The second kappa shape index (κ2) is 4.36. The van der Waals surface area contributed by atoms with Crippen molar-refractivity contribution in [1.29, 1.82) is 5.26 Å². The maximum atomic E-state index is 8.89. The van der Waals surface area contributed by atoms with Gasteiger partial charge in [-0.1, -0.05) is 30.4 Å². The average Bonchev–Trinajstić information content (AvgIpc) is 2.30.